The van der Waals surface area contributed by atoms with E-state index in [2.05, 4.69) is 40.5 Å². The number of morpholine rings is 1. The van der Waals surface area contributed by atoms with Crippen LogP contribution < -0.4 is 10.2 Å². The first kappa shape index (κ1) is 18.0. The standard InChI is InChI=1S/C21H28N4O2/c1-13-9-19(16(4)25(13)18-6-7-18)21(26)23-17-5-8-20(22-10-17)24-11-14(2)27-15(3)12-24/h5,8-10,14-15,18H,6-7,11-12H2,1-4H3,(H,23,26). The smallest absolute Gasteiger partial charge is 0.257 e. The van der Waals surface area contributed by atoms with Gasteiger partial charge in [0.25, 0.3) is 5.91 Å². The van der Waals surface area contributed by atoms with Gasteiger partial charge in [-0.25, -0.2) is 4.98 Å². The van der Waals surface area contributed by atoms with Gasteiger partial charge < -0.3 is 19.5 Å². The van der Waals surface area contributed by atoms with Crippen LogP contribution in [-0.4, -0.2) is 40.8 Å². The van der Waals surface area contributed by atoms with Crippen molar-refractivity contribution in [1.82, 2.24) is 9.55 Å². The minimum Gasteiger partial charge on any atom is -0.372 e. The molecule has 2 aliphatic rings. The highest BCUT2D eigenvalue weighted by molar-refractivity contribution is 6.05. The number of amides is 1. The maximum atomic E-state index is 12.7. The number of aromatic nitrogens is 2. The number of hydrogen-bond donors (Lipinski definition) is 1. The molecule has 2 aromatic rings. The fourth-order valence-corrected chi connectivity index (χ4v) is 4.11. The highest BCUT2D eigenvalue weighted by atomic mass is 16.5. The van der Waals surface area contributed by atoms with Gasteiger partial charge in [-0.2, -0.15) is 0 Å². The van der Waals surface area contributed by atoms with Crippen LogP contribution in [0.1, 0.15) is 54.5 Å². The lowest BCUT2D eigenvalue weighted by Crippen LogP contribution is -2.45. The SMILES string of the molecule is Cc1cc(C(=O)Nc2ccc(N3CC(C)OC(C)C3)nc2)c(C)n1C1CC1. The van der Waals surface area contributed by atoms with Crippen molar-refractivity contribution in [1.29, 1.82) is 0 Å². The highest BCUT2D eigenvalue weighted by Crippen LogP contribution is 2.38. The van der Waals surface area contributed by atoms with E-state index < -0.39 is 0 Å². The summed E-state index contributed by atoms with van der Waals surface area (Å²) < 4.78 is 8.07. The predicted molar refractivity (Wildman–Crippen MR) is 107 cm³/mol. The third-order valence-electron chi connectivity index (χ3n) is 5.39. The minimum absolute atomic E-state index is 0.0711. The molecule has 2 fully saturated rings. The van der Waals surface area contributed by atoms with Crippen molar-refractivity contribution >= 4 is 17.4 Å². The molecular weight excluding hydrogens is 340 g/mol. The van der Waals surface area contributed by atoms with E-state index in [-0.39, 0.29) is 18.1 Å². The summed E-state index contributed by atoms with van der Waals surface area (Å²) in [6, 6.07) is 6.45. The predicted octanol–water partition coefficient (Wildman–Crippen LogP) is 3.70. The molecule has 6 nitrogen and oxygen atoms in total. The van der Waals surface area contributed by atoms with E-state index >= 15 is 0 Å². The molecule has 1 N–H and O–H groups in total. The van der Waals surface area contributed by atoms with Crippen LogP contribution in [0.4, 0.5) is 11.5 Å². The maximum absolute atomic E-state index is 12.7. The number of anilines is 2. The molecule has 1 aliphatic carbocycles. The number of aryl methyl sites for hydroxylation is 1. The van der Waals surface area contributed by atoms with Gasteiger partial charge >= 0.3 is 0 Å². The Morgan fingerprint density at radius 3 is 2.48 bits per heavy atom. The Balaban J connectivity index is 1.45. The van der Waals surface area contributed by atoms with Crippen LogP contribution in [0.25, 0.3) is 0 Å². The largest absolute Gasteiger partial charge is 0.372 e. The molecule has 1 saturated heterocycles. The molecule has 6 heteroatoms. The molecule has 0 spiro atoms. The van der Waals surface area contributed by atoms with Crippen molar-refractivity contribution in [3.63, 3.8) is 0 Å². The van der Waals surface area contributed by atoms with Crippen molar-refractivity contribution in [3.8, 4) is 0 Å². The molecule has 0 bridgehead atoms. The van der Waals surface area contributed by atoms with Crippen molar-refractivity contribution in [2.45, 2.75) is 58.8 Å². The van der Waals surface area contributed by atoms with E-state index in [0.29, 0.717) is 11.7 Å². The summed E-state index contributed by atoms with van der Waals surface area (Å²) in [6.07, 6.45) is 4.54. The van der Waals surface area contributed by atoms with Gasteiger partial charge in [0.2, 0.25) is 0 Å². The first-order chi connectivity index (χ1) is 12.9. The second-order valence-corrected chi connectivity index (χ2v) is 7.91. The minimum atomic E-state index is -0.0711. The highest BCUT2D eigenvalue weighted by Gasteiger charge is 2.28. The normalized spacial score (nSPS) is 22.7. The molecule has 27 heavy (non-hydrogen) atoms. The van der Waals surface area contributed by atoms with Crippen LogP contribution in [0.2, 0.25) is 0 Å². The van der Waals surface area contributed by atoms with Gasteiger partial charge in [-0.05, 0) is 58.7 Å². The van der Waals surface area contributed by atoms with Gasteiger partial charge in [0.05, 0.1) is 29.7 Å². The summed E-state index contributed by atoms with van der Waals surface area (Å²) in [7, 11) is 0. The zero-order valence-electron chi connectivity index (χ0n) is 16.5. The molecule has 0 radical (unpaired) electrons. The van der Waals surface area contributed by atoms with Gasteiger partial charge in [0, 0.05) is 30.5 Å². The van der Waals surface area contributed by atoms with E-state index in [4.69, 9.17) is 4.74 Å². The number of nitrogens with zero attached hydrogens (tertiary/aromatic N) is 3. The van der Waals surface area contributed by atoms with Crippen molar-refractivity contribution < 1.29 is 9.53 Å². The molecule has 4 rings (SSSR count). The number of hydrogen-bond acceptors (Lipinski definition) is 4. The number of nitrogens with one attached hydrogen (secondary N) is 1. The molecule has 144 valence electrons. The molecule has 2 atom stereocenters. The summed E-state index contributed by atoms with van der Waals surface area (Å²) in [6.45, 7) is 9.92. The van der Waals surface area contributed by atoms with Crippen LogP contribution in [0.3, 0.4) is 0 Å². The maximum Gasteiger partial charge on any atom is 0.257 e. The quantitative estimate of drug-likeness (QED) is 0.894. The first-order valence-electron chi connectivity index (χ1n) is 9.78. The third kappa shape index (κ3) is 3.72. The summed E-state index contributed by atoms with van der Waals surface area (Å²) >= 11 is 0. The van der Waals surface area contributed by atoms with E-state index in [1.165, 1.54) is 12.8 Å². The third-order valence-corrected chi connectivity index (χ3v) is 5.39. The number of ether oxygens (including phenoxy) is 1. The number of pyridine rings is 1. The number of rotatable bonds is 4. The van der Waals surface area contributed by atoms with Gasteiger partial charge in [-0.3, -0.25) is 4.79 Å². The average Bonchev–Trinajstić information content (AvgIpc) is 3.39. The monoisotopic (exact) mass is 368 g/mol. The summed E-state index contributed by atoms with van der Waals surface area (Å²) in [5.74, 6) is 0.847. The second-order valence-electron chi connectivity index (χ2n) is 7.91. The van der Waals surface area contributed by atoms with E-state index in [0.717, 1.165) is 35.9 Å². The molecule has 1 amide bonds. The molecule has 1 saturated carbocycles. The van der Waals surface area contributed by atoms with Crippen LogP contribution in [0.15, 0.2) is 24.4 Å². The van der Waals surface area contributed by atoms with E-state index in [1.807, 2.05) is 25.1 Å². The number of carbonyl (C=O) groups is 1. The summed E-state index contributed by atoms with van der Waals surface area (Å²) in [5, 5.41) is 2.99. The van der Waals surface area contributed by atoms with Crippen LogP contribution >= 0.6 is 0 Å². The van der Waals surface area contributed by atoms with Crippen LogP contribution in [0, 0.1) is 13.8 Å². The Labute approximate surface area is 160 Å². The Bertz CT molecular complexity index is 829. The molecule has 2 unspecified atom stereocenters. The zero-order valence-corrected chi connectivity index (χ0v) is 16.5. The first-order valence-corrected chi connectivity index (χ1v) is 9.78. The molecule has 2 aromatic heterocycles. The second kappa shape index (κ2) is 7.00. The molecule has 3 heterocycles. The summed E-state index contributed by atoms with van der Waals surface area (Å²) in [5.41, 5.74) is 3.67. The zero-order chi connectivity index (χ0) is 19.1. The number of carbonyl (C=O) groups excluding carboxylic acids is 1. The van der Waals surface area contributed by atoms with Crippen LogP contribution in [0.5, 0.6) is 0 Å². The fraction of sp³-hybridized carbons (Fsp3) is 0.524. The molecule has 1 aliphatic heterocycles. The lowest BCUT2D eigenvalue weighted by molar-refractivity contribution is -0.00545. The van der Waals surface area contributed by atoms with Crippen LogP contribution in [-0.2, 0) is 4.74 Å². The van der Waals surface area contributed by atoms with E-state index in [9.17, 15) is 4.79 Å². The Morgan fingerprint density at radius 2 is 1.89 bits per heavy atom. The van der Waals surface area contributed by atoms with Crippen molar-refractivity contribution in [2.24, 2.45) is 0 Å². The Hall–Kier alpha value is -2.34. The average molecular weight is 368 g/mol. The van der Waals surface area contributed by atoms with Crippen molar-refractivity contribution in [3.05, 3.63) is 41.3 Å². The van der Waals surface area contributed by atoms with Gasteiger partial charge in [0.1, 0.15) is 5.82 Å². The lowest BCUT2D eigenvalue weighted by Gasteiger charge is -2.36. The van der Waals surface area contributed by atoms with Gasteiger partial charge in [0.15, 0.2) is 0 Å². The Morgan fingerprint density at radius 1 is 1.19 bits per heavy atom. The fourth-order valence-electron chi connectivity index (χ4n) is 4.11. The summed E-state index contributed by atoms with van der Waals surface area (Å²) in [4.78, 5) is 19.5. The molecule has 0 aromatic carbocycles. The topological polar surface area (TPSA) is 59.4 Å². The lowest BCUT2D eigenvalue weighted by atomic mass is 10.2. The van der Waals surface area contributed by atoms with Gasteiger partial charge in [-0.1, -0.05) is 0 Å². The van der Waals surface area contributed by atoms with Gasteiger partial charge in [-0.15, -0.1) is 0 Å². The molecular formula is C21H28N4O2. The van der Waals surface area contributed by atoms with Crippen molar-refractivity contribution in [2.75, 3.05) is 23.3 Å². The Kier molecular flexibility index (Phi) is 4.68. The van der Waals surface area contributed by atoms with E-state index in [1.54, 1.807) is 6.20 Å².